The van der Waals surface area contributed by atoms with Crippen LogP contribution in [0.1, 0.15) is 17.7 Å². The van der Waals surface area contributed by atoms with Gasteiger partial charge in [0, 0.05) is 30.2 Å². The number of alkyl halides is 3. The minimum atomic E-state index is -4.55. The molecule has 0 bridgehead atoms. The lowest BCUT2D eigenvalue weighted by Crippen LogP contribution is -2.32. The molecule has 0 saturated carbocycles. The van der Waals surface area contributed by atoms with Gasteiger partial charge >= 0.3 is 6.18 Å². The minimum Gasteiger partial charge on any atom is -0.382 e. The van der Waals surface area contributed by atoms with Crippen LogP contribution in [0.2, 0.25) is 0 Å². The molecule has 192 valence electrons. The van der Waals surface area contributed by atoms with Gasteiger partial charge in [0.1, 0.15) is 18.3 Å². The molecule has 1 aliphatic rings. The maximum Gasteiger partial charge on any atom is 0.397 e. The quantitative estimate of drug-likeness (QED) is 0.369. The Balaban J connectivity index is 1.35. The molecule has 1 aliphatic heterocycles. The largest absolute Gasteiger partial charge is 0.397 e. The molecule has 0 spiro atoms. The van der Waals surface area contributed by atoms with Crippen molar-refractivity contribution in [2.24, 2.45) is 0 Å². The number of amides is 1. The third-order valence-electron chi connectivity index (χ3n) is 6.59. The van der Waals surface area contributed by atoms with Crippen LogP contribution in [0.25, 0.3) is 33.1 Å². The van der Waals surface area contributed by atoms with E-state index in [0.29, 0.717) is 23.3 Å². The molecule has 6 rings (SSSR count). The number of nitrogens with zero attached hydrogens (tertiary/aromatic N) is 6. The summed E-state index contributed by atoms with van der Waals surface area (Å²) in [4.78, 5) is 17.5. The van der Waals surface area contributed by atoms with Gasteiger partial charge in [-0.05, 0) is 28.8 Å². The van der Waals surface area contributed by atoms with Crippen LogP contribution in [0.15, 0.2) is 73.2 Å². The van der Waals surface area contributed by atoms with Gasteiger partial charge in [-0.1, -0.05) is 48.5 Å². The van der Waals surface area contributed by atoms with Crippen molar-refractivity contribution < 1.29 is 18.0 Å². The van der Waals surface area contributed by atoms with E-state index in [9.17, 15) is 18.0 Å². The summed E-state index contributed by atoms with van der Waals surface area (Å²) in [6.07, 6.45) is -0.981. The van der Waals surface area contributed by atoms with Crippen molar-refractivity contribution in [2.45, 2.75) is 19.1 Å². The van der Waals surface area contributed by atoms with Crippen LogP contribution < -0.4 is 5.73 Å². The molecule has 38 heavy (non-hydrogen) atoms. The molecule has 0 saturated heterocycles. The monoisotopic (exact) mass is 517 g/mol. The van der Waals surface area contributed by atoms with Crippen molar-refractivity contribution in [3.8, 4) is 11.1 Å². The standard InChI is InChI=1S/C27H22F3N7O/c28-27(29,30)12-24(38)35-9-8-20(14-35)23-11-21(25-26(31)32-16-33-37(23)25)18-6-7-19-15-36(34-22(19)10-18)13-17-4-2-1-3-5-17/h1-8,10-11,15-16H,9,12-14H2,(H2,31,32,33). The first-order valence-corrected chi connectivity index (χ1v) is 11.9. The first-order chi connectivity index (χ1) is 18.2. The van der Waals surface area contributed by atoms with E-state index in [-0.39, 0.29) is 18.9 Å². The van der Waals surface area contributed by atoms with E-state index >= 15 is 0 Å². The van der Waals surface area contributed by atoms with Crippen LogP contribution >= 0.6 is 0 Å². The SMILES string of the molecule is Nc1ncnn2c(C3=CCN(C(=O)CC(F)(F)F)C3)cc(-c3ccc4cn(Cc5ccccc5)nc4c3)c12. The van der Waals surface area contributed by atoms with E-state index < -0.39 is 18.5 Å². The number of benzene rings is 2. The Labute approximate surface area is 214 Å². The first kappa shape index (κ1) is 23.7. The zero-order valence-electron chi connectivity index (χ0n) is 20.1. The molecule has 0 atom stereocenters. The van der Waals surface area contributed by atoms with Crippen LogP contribution in [-0.2, 0) is 11.3 Å². The molecule has 4 heterocycles. The molecule has 8 nitrogen and oxygen atoms in total. The maximum absolute atomic E-state index is 12.7. The molecular weight excluding hydrogens is 495 g/mol. The third-order valence-corrected chi connectivity index (χ3v) is 6.59. The predicted octanol–water partition coefficient (Wildman–Crippen LogP) is 4.55. The summed E-state index contributed by atoms with van der Waals surface area (Å²) in [6.45, 7) is 0.786. The first-order valence-electron chi connectivity index (χ1n) is 11.9. The van der Waals surface area contributed by atoms with Gasteiger partial charge in [-0.15, -0.1) is 0 Å². The summed E-state index contributed by atoms with van der Waals surface area (Å²) in [5, 5.41) is 10.1. The normalized spacial score (nSPS) is 14.0. The second-order valence-corrected chi connectivity index (χ2v) is 9.23. The van der Waals surface area contributed by atoms with E-state index in [1.165, 1.54) is 11.2 Å². The molecule has 0 aliphatic carbocycles. The van der Waals surface area contributed by atoms with Crippen LogP contribution in [0, 0.1) is 0 Å². The molecule has 2 aromatic carbocycles. The highest BCUT2D eigenvalue weighted by atomic mass is 19.4. The van der Waals surface area contributed by atoms with Gasteiger partial charge in [0.15, 0.2) is 5.82 Å². The highest BCUT2D eigenvalue weighted by Crippen LogP contribution is 2.35. The number of aromatic nitrogens is 5. The van der Waals surface area contributed by atoms with E-state index in [1.807, 2.05) is 65.5 Å². The van der Waals surface area contributed by atoms with E-state index in [1.54, 1.807) is 10.6 Å². The Morgan fingerprint density at radius 1 is 1.08 bits per heavy atom. The molecule has 0 unspecified atom stereocenters. The van der Waals surface area contributed by atoms with Gasteiger partial charge in [0.2, 0.25) is 5.91 Å². The zero-order valence-corrected chi connectivity index (χ0v) is 20.1. The van der Waals surface area contributed by atoms with Gasteiger partial charge in [0.05, 0.1) is 17.8 Å². The van der Waals surface area contributed by atoms with Gasteiger partial charge < -0.3 is 10.6 Å². The second kappa shape index (κ2) is 9.02. The highest BCUT2D eigenvalue weighted by Gasteiger charge is 2.35. The molecule has 11 heteroatoms. The third kappa shape index (κ3) is 4.47. The smallest absolute Gasteiger partial charge is 0.382 e. The van der Waals surface area contributed by atoms with Crippen LogP contribution in [0.5, 0.6) is 0 Å². The predicted molar refractivity (Wildman–Crippen MR) is 137 cm³/mol. The molecule has 5 aromatic rings. The summed E-state index contributed by atoms with van der Waals surface area (Å²) in [6, 6.07) is 17.8. The number of hydrogen-bond donors (Lipinski definition) is 1. The fraction of sp³-hybridized carbons (Fsp3) is 0.185. The average molecular weight is 518 g/mol. The van der Waals surface area contributed by atoms with E-state index in [4.69, 9.17) is 10.8 Å². The number of hydrogen-bond acceptors (Lipinski definition) is 5. The fourth-order valence-corrected chi connectivity index (χ4v) is 4.82. The lowest BCUT2D eigenvalue weighted by Gasteiger charge is -2.17. The average Bonchev–Trinajstić information content (AvgIpc) is 3.60. The number of anilines is 1. The van der Waals surface area contributed by atoms with Crippen molar-refractivity contribution in [1.82, 2.24) is 29.3 Å². The molecule has 0 radical (unpaired) electrons. The Bertz CT molecular complexity index is 1700. The van der Waals surface area contributed by atoms with Crippen LogP contribution in [0.4, 0.5) is 19.0 Å². The fourth-order valence-electron chi connectivity index (χ4n) is 4.82. The molecular formula is C27H22F3N7O. The summed E-state index contributed by atoms with van der Waals surface area (Å²) in [5.74, 6) is -0.699. The van der Waals surface area contributed by atoms with Crippen molar-refractivity contribution in [3.05, 3.63) is 84.5 Å². The highest BCUT2D eigenvalue weighted by molar-refractivity contribution is 5.95. The van der Waals surface area contributed by atoms with Crippen LogP contribution in [-0.4, -0.2) is 54.5 Å². The lowest BCUT2D eigenvalue weighted by atomic mass is 10.0. The Kier molecular flexibility index (Phi) is 5.63. The van der Waals surface area contributed by atoms with Gasteiger partial charge in [-0.25, -0.2) is 9.50 Å². The van der Waals surface area contributed by atoms with Gasteiger partial charge in [0.25, 0.3) is 0 Å². The number of fused-ring (bicyclic) bond motifs is 2. The Hall–Kier alpha value is -4.67. The van der Waals surface area contributed by atoms with Gasteiger partial charge in [-0.3, -0.25) is 9.48 Å². The summed E-state index contributed by atoms with van der Waals surface area (Å²) >= 11 is 0. The van der Waals surface area contributed by atoms with E-state index in [2.05, 4.69) is 10.1 Å². The molecule has 2 N–H and O–H groups in total. The minimum absolute atomic E-state index is 0.0489. The Morgan fingerprint density at radius 2 is 1.89 bits per heavy atom. The molecule has 1 amide bonds. The number of nitrogen functional groups attached to an aromatic ring is 1. The second-order valence-electron chi connectivity index (χ2n) is 9.23. The maximum atomic E-state index is 12.7. The van der Waals surface area contributed by atoms with Crippen molar-refractivity contribution in [2.75, 3.05) is 18.8 Å². The summed E-state index contributed by atoms with van der Waals surface area (Å²) in [5.41, 5.74) is 11.7. The van der Waals surface area contributed by atoms with Gasteiger partial charge in [-0.2, -0.15) is 23.4 Å². The number of rotatable bonds is 5. The topological polar surface area (TPSA) is 94.3 Å². The summed E-state index contributed by atoms with van der Waals surface area (Å²) < 4.78 is 41.7. The number of nitrogens with two attached hydrogens (primary N) is 1. The molecule has 3 aromatic heterocycles. The number of carbonyl (C=O) groups excluding carboxylic acids is 1. The van der Waals surface area contributed by atoms with E-state index in [0.717, 1.165) is 27.6 Å². The number of halogens is 3. The van der Waals surface area contributed by atoms with Crippen molar-refractivity contribution in [3.63, 3.8) is 0 Å². The molecule has 0 fully saturated rings. The van der Waals surface area contributed by atoms with Crippen molar-refractivity contribution in [1.29, 1.82) is 0 Å². The number of carbonyl (C=O) groups is 1. The Morgan fingerprint density at radius 3 is 2.68 bits per heavy atom. The van der Waals surface area contributed by atoms with Crippen molar-refractivity contribution >= 4 is 33.7 Å². The zero-order chi connectivity index (χ0) is 26.4. The lowest BCUT2D eigenvalue weighted by molar-refractivity contribution is -0.160. The summed E-state index contributed by atoms with van der Waals surface area (Å²) in [7, 11) is 0. The van der Waals surface area contributed by atoms with Crippen LogP contribution in [0.3, 0.4) is 0 Å².